The normalized spacial score (nSPS) is 20.8. The Morgan fingerprint density at radius 2 is 2.46 bits per heavy atom. The summed E-state index contributed by atoms with van der Waals surface area (Å²) >= 11 is 0. The summed E-state index contributed by atoms with van der Waals surface area (Å²) in [5.74, 6) is -0.00347. The zero-order chi connectivity index (χ0) is 10.1. The summed E-state index contributed by atoms with van der Waals surface area (Å²) in [6, 6.07) is -0.247. The summed E-state index contributed by atoms with van der Waals surface area (Å²) in [7, 11) is 0. The highest BCUT2D eigenvalue weighted by atomic mass is 16.5. The summed E-state index contributed by atoms with van der Waals surface area (Å²) in [5.41, 5.74) is 5.37. The number of ether oxygens (including phenoxy) is 1. The molecule has 5 nitrogen and oxygen atoms in total. The van der Waals surface area contributed by atoms with Crippen LogP contribution < -0.4 is 11.1 Å². The molecule has 1 aliphatic rings. The van der Waals surface area contributed by atoms with Crippen LogP contribution in [-0.2, 0) is 14.3 Å². The Balaban J connectivity index is 0.000000252. The predicted octanol–water partition coefficient (Wildman–Crippen LogP) is -0.597. The average molecular weight is 188 g/mol. The molecule has 0 saturated carbocycles. The Bertz CT molecular complexity index is 161. The molecule has 1 saturated heterocycles. The number of piperidine rings is 1. The van der Waals surface area contributed by atoms with Crippen LogP contribution in [0.3, 0.4) is 0 Å². The van der Waals surface area contributed by atoms with Gasteiger partial charge in [0.05, 0.1) is 12.6 Å². The van der Waals surface area contributed by atoms with Crippen molar-refractivity contribution in [1.82, 2.24) is 5.32 Å². The van der Waals surface area contributed by atoms with E-state index in [0.717, 1.165) is 19.4 Å². The molecule has 3 N–H and O–H groups in total. The maximum absolute atomic E-state index is 10.6. The first-order chi connectivity index (χ1) is 6.22. The van der Waals surface area contributed by atoms with Gasteiger partial charge >= 0.3 is 0 Å². The summed E-state index contributed by atoms with van der Waals surface area (Å²) in [5, 5.41) is 2.67. The first-order valence-corrected chi connectivity index (χ1v) is 4.31. The van der Waals surface area contributed by atoms with Gasteiger partial charge < -0.3 is 15.8 Å². The monoisotopic (exact) mass is 188 g/mol. The van der Waals surface area contributed by atoms with Gasteiger partial charge in [0.25, 0.3) is 6.47 Å². The van der Waals surface area contributed by atoms with Crippen LogP contribution in [-0.4, -0.2) is 31.6 Å². The molecule has 0 bridgehead atoms. The summed E-state index contributed by atoms with van der Waals surface area (Å²) in [6.07, 6.45) is 1.86. The zero-order valence-corrected chi connectivity index (χ0v) is 7.79. The first kappa shape index (κ1) is 11.9. The second kappa shape index (κ2) is 7.54. The molecule has 1 aliphatic heterocycles. The molecule has 1 unspecified atom stereocenters. The first-order valence-electron chi connectivity index (χ1n) is 4.31. The van der Waals surface area contributed by atoms with E-state index in [9.17, 15) is 9.59 Å². The topological polar surface area (TPSA) is 81.4 Å². The van der Waals surface area contributed by atoms with Gasteiger partial charge in [0.1, 0.15) is 0 Å². The number of amides is 1. The van der Waals surface area contributed by atoms with Gasteiger partial charge in [-0.1, -0.05) is 0 Å². The number of carbonyl (C=O) groups is 2. The molecular weight excluding hydrogens is 172 g/mol. The van der Waals surface area contributed by atoms with Crippen molar-refractivity contribution in [2.45, 2.75) is 25.8 Å². The molecule has 1 rings (SSSR count). The zero-order valence-electron chi connectivity index (χ0n) is 7.79. The molecule has 1 heterocycles. The van der Waals surface area contributed by atoms with Gasteiger partial charge in [-0.2, -0.15) is 0 Å². The molecule has 0 aromatic heterocycles. The van der Waals surface area contributed by atoms with Crippen molar-refractivity contribution in [3.8, 4) is 0 Å². The van der Waals surface area contributed by atoms with Crippen LogP contribution in [0.4, 0.5) is 0 Å². The average Bonchev–Trinajstić information content (AvgIpc) is 2.13. The third-order valence-electron chi connectivity index (χ3n) is 1.56. The van der Waals surface area contributed by atoms with E-state index in [2.05, 4.69) is 10.1 Å². The van der Waals surface area contributed by atoms with Gasteiger partial charge in [-0.05, 0) is 19.8 Å². The van der Waals surface area contributed by atoms with Crippen LogP contribution in [0, 0.1) is 0 Å². The minimum Gasteiger partial charge on any atom is -0.468 e. The van der Waals surface area contributed by atoms with Crippen molar-refractivity contribution in [3.63, 3.8) is 0 Å². The number of nitrogens with two attached hydrogens (primary N) is 1. The molecule has 13 heavy (non-hydrogen) atoms. The lowest BCUT2D eigenvalue weighted by Crippen LogP contribution is -2.45. The fourth-order valence-corrected chi connectivity index (χ4v) is 0.864. The summed E-state index contributed by atoms with van der Waals surface area (Å²) in [4.78, 5) is 19.7. The van der Waals surface area contributed by atoms with Gasteiger partial charge in [-0.25, -0.2) is 0 Å². The van der Waals surface area contributed by atoms with E-state index in [4.69, 9.17) is 5.73 Å². The Labute approximate surface area is 77.6 Å². The van der Waals surface area contributed by atoms with E-state index in [1.807, 2.05) is 0 Å². The van der Waals surface area contributed by atoms with Crippen molar-refractivity contribution in [1.29, 1.82) is 0 Å². The van der Waals surface area contributed by atoms with Gasteiger partial charge in [-0.3, -0.25) is 9.59 Å². The molecular formula is C8H16N2O3. The summed E-state index contributed by atoms with van der Waals surface area (Å²) < 4.78 is 4.15. The molecule has 0 aromatic carbocycles. The SMILES string of the molecule is CCOC=O.NC1CCCNC1=O. The lowest BCUT2D eigenvalue weighted by molar-refractivity contribution is -0.128. The standard InChI is InChI=1S/C5H10N2O.C3H6O2/c6-4-2-1-3-7-5(4)8;1-2-5-3-4/h4H,1-3,6H2,(H,7,8);3H,2H2,1H3. The molecule has 0 aliphatic carbocycles. The fraction of sp³-hybridized carbons (Fsp3) is 0.750. The maximum Gasteiger partial charge on any atom is 0.293 e. The lowest BCUT2D eigenvalue weighted by atomic mass is 10.1. The lowest BCUT2D eigenvalue weighted by Gasteiger charge is -2.16. The van der Waals surface area contributed by atoms with Crippen LogP contribution in [0.5, 0.6) is 0 Å². The van der Waals surface area contributed by atoms with E-state index in [0.29, 0.717) is 13.1 Å². The fourth-order valence-electron chi connectivity index (χ4n) is 0.864. The molecule has 1 fully saturated rings. The van der Waals surface area contributed by atoms with Crippen molar-refractivity contribution in [2.75, 3.05) is 13.2 Å². The second-order valence-electron chi connectivity index (χ2n) is 2.59. The molecule has 5 heteroatoms. The van der Waals surface area contributed by atoms with Crippen LogP contribution in [0.15, 0.2) is 0 Å². The highest BCUT2D eigenvalue weighted by Crippen LogP contribution is 1.98. The Kier molecular flexibility index (Phi) is 6.91. The van der Waals surface area contributed by atoms with E-state index in [1.54, 1.807) is 6.92 Å². The quantitative estimate of drug-likeness (QED) is 0.567. The minimum absolute atomic E-state index is 0.00347. The Morgan fingerprint density at radius 3 is 2.69 bits per heavy atom. The molecule has 0 aromatic rings. The van der Waals surface area contributed by atoms with Gasteiger partial charge in [0, 0.05) is 6.54 Å². The highest BCUT2D eigenvalue weighted by Gasteiger charge is 2.15. The Hall–Kier alpha value is -1.10. The van der Waals surface area contributed by atoms with Gasteiger partial charge in [-0.15, -0.1) is 0 Å². The Morgan fingerprint density at radius 1 is 1.77 bits per heavy atom. The van der Waals surface area contributed by atoms with Crippen molar-refractivity contribution in [2.24, 2.45) is 5.73 Å². The number of nitrogens with one attached hydrogen (secondary N) is 1. The number of carbonyl (C=O) groups excluding carboxylic acids is 2. The van der Waals surface area contributed by atoms with Gasteiger partial charge in [0.2, 0.25) is 5.91 Å². The van der Waals surface area contributed by atoms with E-state index in [1.165, 1.54) is 0 Å². The molecule has 0 spiro atoms. The van der Waals surface area contributed by atoms with Crippen LogP contribution in [0.1, 0.15) is 19.8 Å². The highest BCUT2D eigenvalue weighted by molar-refractivity contribution is 5.81. The summed E-state index contributed by atoms with van der Waals surface area (Å²) in [6.45, 7) is 3.46. The van der Waals surface area contributed by atoms with Crippen LogP contribution in [0.2, 0.25) is 0 Å². The maximum atomic E-state index is 10.6. The molecule has 76 valence electrons. The smallest absolute Gasteiger partial charge is 0.293 e. The second-order valence-corrected chi connectivity index (χ2v) is 2.59. The minimum atomic E-state index is -0.247. The number of hydrogen-bond acceptors (Lipinski definition) is 4. The van der Waals surface area contributed by atoms with Crippen LogP contribution in [0.25, 0.3) is 0 Å². The third kappa shape index (κ3) is 6.10. The third-order valence-corrected chi connectivity index (χ3v) is 1.56. The molecule has 1 amide bonds. The van der Waals surface area contributed by atoms with Crippen molar-refractivity contribution >= 4 is 12.4 Å². The number of hydrogen-bond donors (Lipinski definition) is 2. The predicted molar refractivity (Wildman–Crippen MR) is 47.9 cm³/mol. The molecule has 0 radical (unpaired) electrons. The van der Waals surface area contributed by atoms with Gasteiger partial charge in [0.15, 0.2) is 0 Å². The van der Waals surface area contributed by atoms with Crippen molar-refractivity contribution in [3.05, 3.63) is 0 Å². The van der Waals surface area contributed by atoms with E-state index in [-0.39, 0.29) is 11.9 Å². The largest absolute Gasteiger partial charge is 0.468 e. The van der Waals surface area contributed by atoms with E-state index < -0.39 is 0 Å². The van der Waals surface area contributed by atoms with E-state index >= 15 is 0 Å². The van der Waals surface area contributed by atoms with Crippen LogP contribution >= 0.6 is 0 Å². The molecule has 1 atom stereocenters. The van der Waals surface area contributed by atoms with Crippen molar-refractivity contribution < 1.29 is 14.3 Å². The number of rotatable bonds is 2.